The molecular weight excluding hydrogens is 531 g/mol. The number of nitrogens with zero attached hydrogens (tertiary/aromatic N) is 2. The number of hydrogen-bond donors (Lipinski definition) is 0. The Kier molecular flexibility index (Phi) is 8.41. The van der Waals surface area contributed by atoms with Gasteiger partial charge in [-0.05, 0) is 92.1 Å². The highest BCUT2D eigenvalue weighted by Gasteiger charge is 2.31. The molecular formula is C32H36Cl2N2O3. The summed E-state index contributed by atoms with van der Waals surface area (Å²) in [6.07, 6.45) is 3.18. The van der Waals surface area contributed by atoms with Gasteiger partial charge in [0, 0.05) is 32.2 Å². The van der Waals surface area contributed by atoms with Gasteiger partial charge in [-0.25, -0.2) is 4.79 Å². The van der Waals surface area contributed by atoms with Crippen molar-refractivity contribution in [3.8, 4) is 16.9 Å². The molecule has 1 unspecified atom stereocenters. The first-order chi connectivity index (χ1) is 18.7. The van der Waals surface area contributed by atoms with Crippen LogP contribution >= 0.6 is 23.2 Å². The zero-order chi connectivity index (χ0) is 27.6. The highest BCUT2D eigenvalue weighted by molar-refractivity contribution is 6.42. The van der Waals surface area contributed by atoms with Crippen LogP contribution in [0.2, 0.25) is 10.0 Å². The molecule has 206 valence electrons. The molecule has 1 aliphatic heterocycles. The lowest BCUT2D eigenvalue weighted by Gasteiger charge is -2.41. The first kappa shape index (κ1) is 27.8. The Balaban J connectivity index is 1.21. The quantitative estimate of drug-likeness (QED) is 0.312. The van der Waals surface area contributed by atoms with Gasteiger partial charge in [-0.15, -0.1) is 0 Å². The number of carbonyl (C=O) groups excluding carboxylic acids is 1. The second kappa shape index (κ2) is 11.8. The van der Waals surface area contributed by atoms with Gasteiger partial charge in [0.05, 0.1) is 10.0 Å². The van der Waals surface area contributed by atoms with E-state index in [-0.39, 0.29) is 6.09 Å². The standard InChI is InChI=1S/C32H36Cl2N2O3/c1-32(2,3)39-31(37)36-17-15-35(16-18-36)30-6-4-5-24-11-13-26(20-27(24)30)38-21-22-7-9-23(10-8-22)25-12-14-28(33)29(34)19-25/h7-14,19-20,30H,4-6,15-18,21H2,1-3H3. The second-order valence-electron chi connectivity index (χ2n) is 11.4. The van der Waals surface area contributed by atoms with Crippen molar-refractivity contribution in [2.24, 2.45) is 0 Å². The van der Waals surface area contributed by atoms with Crippen molar-refractivity contribution in [1.82, 2.24) is 9.80 Å². The van der Waals surface area contributed by atoms with Crippen LogP contribution in [0.1, 0.15) is 56.3 Å². The molecule has 0 radical (unpaired) electrons. The Morgan fingerprint density at radius 3 is 2.31 bits per heavy atom. The van der Waals surface area contributed by atoms with Crippen LogP contribution in [0.5, 0.6) is 5.75 Å². The lowest BCUT2D eigenvalue weighted by atomic mass is 9.86. The monoisotopic (exact) mass is 566 g/mol. The first-order valence-electron chi connectivity index (χ1n) is 13.7. The summed E-state index contributed by atoms with van der Waals surface area (Å²) < 4.78 is 11.8. The smallest absolute Gasteiger partial charge is 0.410 e. The zero-order valence-corrected chi connectivity index (χ0v) is 24.4. The molecule has 1 aliphatic carbocycles. The summed E-state index contributed by atoms with van der Waals surface area (Å²) in [5.41, 5.74) is 5.51. The average molecular weight is 568 g/mol. The summed E-state index contributed by atoms with van der Waals surface area (Å²) in [6.45, 7) is 9.30. The van der Waals surface area contributed by atoms with Gasteiger partial charge in [0.2, 0.25) is 0 Å². The maximum absolute atomic E-state index is 12.5. The van der Waals surface area contributed by atoms with Gasteiger partial charge >= 0.3 is 6.09 Å². The number of hydrogen-bond acceptors (Lipinski definition) is 4. The predicted octanol–water partition coefficient (Wildman–Crippen LogP) is 8.17. The third-order valence-electron chi connectivity index (χ3n) is 7.42. The van der Waals surface area contributed by atoms with E-state index in [1.807, 2.05) is 43.9 Å². The molecule has 39 heavy (non-hydrogen) atoms. The van der Waals surface area contributed by atoms with Crippen molar-refractivity contribution in [3.05, 3.63) is 87.4 Å². The number of halogens is 2. The minimum atomic E-state index is -0.472. The molecule has 1 fully saturated rings. The normalized spacial score (nSPS) is 18.0. The van der Waals surface area contributed by atoms with E-state index in [9.17, 15) is 4.79 Å². The molecule has 2 aliphatic rings. The van der Waals surface area contributed by atoms with E-state index in [1.54, 1.807) is 0 Å². The molecule has 5 nitrogen and oxygen atoms in total. The first-order valence-corrected chi connectivity index (χ1v) is 14.4. The van der Waals surface area contributed by atoms with Crippen LogP contribution in [0, 0.1) is 0 Å². The molecule has 0 spiro atoms. The van der Waals surface area contributed by atoms with Gasteiger partial charge in [0.25, 0.3) is 0 Å². The fourth-order valence-corrected chi connectivity index (χ4v) is 5.70. The molecule has 0 bridgehead atoms. The zero-order valence-electron chi connectivity index (χ0n) is 22.9. The molecule has 1 heterocycles. The topological polar surface area (TPSA) is 42.0 Å². The van der Waals surface area contributed by atoms with Crippen molar-refractivity contribution < 1.29 is 14.3 Å². The summed E-state index contributed by atoms with van der Waals surface area (Å²) in [7, 11) is 0. The molecule has 1 saturated heterocycles. The molecule has 3 aromatic rings. The highest BCUT2D eigenvalue weighted by atomic mass is 35.5. The van der Waals surface area contributed by atoms with E-state index >= 15 is 0 Å². The van der Waals surface area contributed by atoms with E-state index in [4.69, 9.17) is 32.7 Å². The van der Waals surface area contributed by atoms with Crippen LogP contribution < -0.4 is 4.74 Å². The lowest BCUT2D eigenvalue weighted by Crippen LogP contribution is -2.51. The minimum Gasteiger partial charge on any atom is -0.489 e. The third-order valence-corrected chi connectivity index (χ3v) is 8.16. The van der Waals surface area contributed by atoms with Crippen molar-refractivity contribution in [2.45, 2.75) is 58.3 Å². The molecule has 5 rings (SSSR count). The number of aryl methyl sites for hydroxylation is 1. The van der Waals surface area contributed by atoms with Gasteiger partial charge in [0.1, 0.15) is 18.0 Å². The summed E-state index contributed by atoms with van der Waals surface area (Å²) in [5.74, 6) is 0.890. The Morgan fingerprint density at radius 2 is 1.62 bits per heavy atom. The number of amides is 1. The fraction of sp³-hybridized carbons (Fsp3) is 0.406. The SMILES string of the molecule is CC(C)(C)OC(=O)N1CCN(C2CCCc3ccc(OCc4ccc(-c5ccc(Cl)c(Cl)c5)cc4)cc32)CC1. The van der Waals surface area contributed by atoms with Crippen LogP contribution in [-0.2, 0) is 17.8 Å². The number of rotatable bonds is 5. The molecule has 3 aromatic carbocycles. The molecule has 1 amide bonds. The molecule has 0 N–H and O–H groups in total. The van der Waals surface area contributed by atoms with Gasteiger partial charge in [-0.1, -0.05) is 59.6 Å². The van der Waals surface area contributed by atoms with Crippen molar-refractivity contribution in [1.29, 1.82) is 0 Å². The number of piperazine rings is 1. The summed E-state index contributed by atoms with van der Waals surface area (Å²) in [5, 5.41) is 1.11. The fourth-order valence-electron chi connectivity index (χ4n) is 5.40. The lowest BCUT2D eigenvalue weighted by molar-refractivity contribution is 0.00926. The van der Waals surface area contributed by atoms with E-state index in [1.165, 1.54) is 17.5 Å². The molecule has 7 heteroatoms. The third kappa shape index (κ3) is 6.89. The maximum atomic E-state index is 12.5. The predicted molar refractivity (Wildman–Crippen MR) is 158 cm³/mol. The second-order valence-corrected chi connectivity index (χ2v) is 12.2. The van der Waals surface area contributed by atoms with E-state index < -0.39 is 5.60 Å². The van der Waals surface area contributed by atoms with Gasteiger partial charge < -0.3 is 14.4 Å². The number of benzene rings is 3. The Bertz CT molecular complexity index is 1310. The van der Waals surface area contributed by atoms with Crippen molar-refractivity contribution in [2.75, 3.05) is 26.2 Å². The van der Waals surface area contributed by atoms with Crippen LogP contribution in [0.3, 0.4) is 0 Å². The van der Waals surface area contributed by atoms with Gasteiger partial charge in [0.15, 0.2) is 0 Å². The minimum absolute atomic E-state index is 0.216. The van der Waals surface area contributed by atoms with E-state index in [2.05, 4.69) is 47.4 Å². The Hall–Kier alpha value is -2.73. The van der Waals surface area contributed by atoms with Gasteiger partial charge in [-0.3, -0.25) is 4.90 Å². The van der Waals surface area contributed by atoms with Gasteiger partial charge in [-0.2, -0.15) is 0 Å². The number of carbonyl (C=O) groups is 1. The molecule has 0 aromatic heterocycles. The largest absolute Gasteiger partial charge is 0.489 e. The van der Waals surface area contributed by atoms with Crippen molar-refractivity contribution >= 4 is 29.3 Å². The molecule has 1 atom stereocenters. The summed E-state index contributed by atoms with van der Waals surface area (Å²) in [6, 6.07) is 20.9. The molecule has 0 saturated carbocycles. The van der Waals surface area contributed by atoms with Crippen LogP contribution in [0.15, 0.2) is 60.7 Å². The van der Waals surface area contributed by atoms with E-state index in [0.717, 1.165) is 48.4 Å². The highest BCUT2D eigenvalue weighted by Crippen LogP contribution is 2.37. The number of fused-ring (bicyclic) bond motifs is 1. The van der Waals surface area contributed by atoms with Crippen LogP contribution in [-0.4, -0.2) is 47.7 Å². The summed E-state index contributed by atoms with van der Waals surface area (Å²) in [4.78, 5) is 16.9. The maximum Gasteiger partial charge on any atom is 0.410 e. The Morgan fingerprint density at radius 1 is 0.897 bits per heavy atom. The average Bonchev–Trinajstić information content (AvgIpc) is 2.92. The number of ether oxygens (including phenoxy) is 2. The van der Waals surface area contributed by atoms with Crippen LogP contribution in [0.25, 0.3) is 11.1 Å². The van der Waals surface area contributed by atoms with E-state index in [0.29, 0.717) is 35.8 Å². The summed E-state index contributed by atoms with van der Waals surface area (Å²) >= 11 is 12.2. The van der Waals surface area contributed by atoms with Crippen molar-refractivity contribution in [3.63, 3.8) is 0 Å². The Labute approximate surface area is 241 Å². The van der Waals surface area contributed by atoms with Crippen LogP contribution in [0.4, 0.5) is 4.79 Å².